The van der Waals surface area contributed by atoms with Gasteiger partial charge in [-0.1, -0.05) is 48.0 Å². The van der Waals surface area contributed by atoms with E-state index in [1.165, 1.54) is 0 Å². The molecule has 2 amide bonds. The van der Waals surface area contributed by atoms with Gasteiger partial charge in [-0.2, -0.15) is 5.10 Å². The molecule has 196 valence electrons. The van der Waals surface area contributed by atoms with Gasteiger partial charge in [-0.15, -0.1) is 0 Å². The lowest BCUT2D eigenvalue weighted by Gasteiger charge is -2.31. The predicted octanol–water partition coefficient (Wildman–Crippen LogP) is 7.08. The summed E-state index contributed by atoms with van der Waals surface area (Å²) in [4.78, 5) is 16.0. The van der Waals surface area contributed by atoms with Crippen molar-refractivity contribution in [1.82, 2.24) is 19.2 Å². The van der Waals surface area contributed by atoms with Crippen LogP contribution in [0.15, 0.2) is 91.1 Å². The molecule has 0 fully saturated rings. The van der Waals surface area contributed by atoms with Crippen LogP contribution in [0.5, 0.6) is 5.75 Å². The number of aromatic nitrogens is 3. The van der Waals surface area contributed by atoms with Crippen LogP contribution in [0, 0.1) is 13.8 Å². The third-order valence-corrected chi connectivity index (χ3v) is 7.38. The summed E-state index contributed by atoms with van der Waals surface area (Å²) in [7, 11) is 1.60. The number of amides is 2. The second-order valence-electron chi connectivity index (χ2n) is 9.65. The summed E-state index contributed by atoms with van der Waals surface area (Å²) in [5.74, 6) is 1.52. The first-order valence-corrected chi connectivity index (χ1v) is 13.1. The molecule has 3 aromatic carbocycles. The number of hydrogen-bond donors (Lipinski definition) is 1. The van der Waals surface area contributed by atoms with E-state index in [-0.39, 0.29) is 12.1 Å². The lowest BCUT2D eigenvalue weighted by atomic mass is 10.0. The number of rotatable bonds is 4. The van der Waals surface area contributed by atoms with E-state index in [9.17, 15) is 4.79 Å². The Balaban J connectivity index is 1.53. The van der Waals surface area contributed by atoms with E-state index in [0.29, 0.717) is 23.0 Å². The van der Waals surface area contributed by atoms with E-state index >= 15 is 0 Å². The highest BCUT2D eigenvalue weighted by atomic mass is 35.5. The Labute approximate surface area is 232 Å². The summed E-state index contributed by atoms with van der Waals surface area (Å²) in [6, 6.07) is 26.9. The zero-order chi connectivity index (χ0) is 27.1. The Morgan fingerprint density at radius 1 is 1.00 bits per heavy atom. The molecule has 7 nitrogen and oxygen atoms in total. The highest BCUT2D eigenvalue weighted by molar-refractivity contribution is 6.30. The van der Waals surface area contributed by atoms with E-state index in [0.717, 1.165) is 39.6 Å². The number of para-hydroxylation sites is 1. The number of carbonyl (C=O) groups excluding carboxylic acids is 1. The highest BCUT2D eigenvalue weighted by Crippen LogP contribution is 2.39. The number of anilines is 1. The molecule has 0 unspecified atom stereocenters. The number of hydrogen-bond acceptors (Lipinski definition) is 3. The number of urea groups is 1. The third-order valence-electron chi connectivity index (χ3n) is 7.13. The predicted molar refractivity (Wildman–Crippen MR) is 153 cm³/mol. The van der Waals surface area contributed by atoms with Gasteiger partial charge >= 0.3 is 6.03 Å². The third kappa shape index (κ3) is 4.45. The first-order chi connectivity index (χ1) is 18.9. The van der Waals surface area contributed by atoms with Crippen molar-refractivity contribution in [3.8, 4) is 17.3 Å². The maximum absolute atomic E-state index is 14.2. The Hall–Kier alpha value is -4.49. The number of aryl methyl sites for hydroxylation is 2. The van der Waals surface area contributed by atoms with Crippen molar-refractivity contribution < 1.29 is 9.53 Å². The quantitative estimate of drug-likeness (QED) is 0.266. The monoisotopic (exact) mass is 537 g/mol. The highest BCUT2D eigenvalue weighted by Gasteiger charge is 2.36. The van der Waals surface area contributed by atoms with Gasteiger partial charge in [-0.3, -0.25) is 0 Å². The van der Waals surface area contributed by atoms with Gasteiger partial charge in [0.15, 0.2) is 0 Å². The summed E-state index contributed by atoms with van der Waals surface area (Å²) < 4.78 is 9.64. The van der Waals surface area contributed by atoms with Crippen LogP contribution in [0.4, 0.5) is 10.5 Å². The van der Waals surface area contributed by atoms with Crippen LogP contribution in [-0.4, -0.2) is 32.4 Å². The van der Waals surface area contributed by atoms with Crippen LogP contribution >= 0.6 is 11.6 Å². The summed E-state index contributed by atoms with van der Waals surface area (Å²) in [6.07, 6.45) is 2.03. The van der Waals surface area contributed by atoms with Crippen molar-refractivity contribution in [3.05, 3.63) is 124 Å². The molecule has 0 aliphatic carbocycles. The molecule has 5 aromatic rings. The van der Waals surface area contributed by atoms with Gasteiger partial charge in [0, 0.05) is 16.8 Å². The summed E-state index contributed by atoms with van der Waals surface area (Å²) >= 11 is 6.26. The zero-order valence-electron chi connectivity index (χ0n) is 21.9. The van der Waals surface area contributed by atoms with Crippen molar-refractivity contribution in [2.75, 3.05) is 12.4 Å². The average Bonchev–Trinajstić information content (AvgIpc) is 3.50. The number of benzene rings is 3. The molecule has 39 heavy (non-hydrogen) atoms. The number of nitrogens with one attached hydrogen (secondary N) is 1. The summed E-state index contributed by atoms with van der Waals surface area (Å²) in [5.41, 5.74) is 6.32. The normalized spacial score (nSPS) is 14.4. The first kappa shape index (κ1) is 24.8. The number of nitrogens with zero attached hydrogens (tertiary/aromatic N) is 4. The Morgan fingerprint density at radius 2 is 1.77 bits per heavy atom. The molecule has 0 saturated carbocycles. The minimum absolute atomic E-state index is 0.244. The summed E-state index contributed by atoms with van der Waals surface area (Å²) in [6.45, 7) is 4.32. The molecule has 0 saturated heterocycles. The zero-order valence-corrected chi connectivity index (χ0v) is 22.7. The van der Waals surface area contributed by atoms with Gasteiger partial charge in [0.2, 0.25) is 0 Å². The topological polar surface area (TPSA) is 64.3 Å². The molecule has 0 bridgehead atoms. The second kappa shape index (κ2) is 10.0. The molecule has 1 aliphatic rings. The molecule has 3 heterocycles. The number of carbonyl (C=O) groups is 1. The second-order valence-corrected chi connectivity index (χ2v) is 10.1. The number of fused-ring (bicyclic) bond motifs is 3. The Kier molecular flexibility index (Phi) is 6.37. The van der Waals surface area contributed by atoms with Crippen molar-refractivity contribution in [2.24, 2.45) is 0 Å². The van der Waals surface area contributed by atoms with Crippen LogP contribution in [0.2, 0.25) is 5.02 Å². The molecule has 1 atom stereocenters. The van der Waals surface area contributed by atoms with E-state index in [4.69, 9.17) is 21.4 Å². The molecule has 6 rings (SSSR count). The van der Waals surface area contributed by atoms with Crippen LogP contribution in [0.1, 0.15) is 34.1 Å². The van der Waals surface area contributed by atoms with Crippen LogP contribution in [-0.2, 0) is 6.54 Å². The fourth-order valence-electron chi connectivity index (χ4n) is 5.25. The van der Waals surface area contributed by atoms with E-state index < -0.39 is 0 Å². The van der Waals surface area contributed by atoms with Crippen LogP contribution in [0.25, 0.3) is 11.5 Å². The molecule has 2 aromatic heterocycles. The Bertz CT molecular complexity index is 1660. The maximum atomic E-state index is 14.2. The molecular formula is C31H28ClN5O2. The van der Waals surface area contributed by atoms with E-state index in [2.05, 4.69) is 16.0 Å². The maximum Gasteiger partial charge on any atom is 0.323 e. The lowest BCUT2D eigenvalue weighted by molar-refractivity contribution is 0.194. The van der Waals surface area contributed by atoms with E-state index in [1.54, 1.807) is 7.11 Å². The van der Waals surface area contributed by atoms with E-state index in [1.807, 2.05) is 108 Å². The number of halogens is 1. The molecular weight excluding hydrogens is 510 g/mol. The largest absolute Gasteiger partial charge is 0.495 e. The van der Waals surface area contributed by atoms with Gasteiger partial charge in [-0.05, 0) is 73.5 Å². The molecule has 8 heteroatoms. The smallest absolute Gasteiger partial charge is 0.323 e. The lowest BCUT2D eigenvalue weighted by Crippen LogP contribution is -2.38. The van der Waals surface area contributed by atoms with Crippen molar-refractivity contribution in [1.29, 1.82) is 0 Å². The van der Waals surface area contributed by atoms with Crippen LogP contribution in [0.3, 0.4) is 0 Å². The van der Waals surface area contributed by atoms with Crippen molar-refractivity contribution in [2.45, 2.75) is 26.4 Å². The van der Waals surface area contributed by atoms with Crippen LogP contribution < -0.4 is 10.1 Å². The summed E-state index contributed by atoms with van der Waals surface area (Å²) in [5, 5.41) is 8.67. The van der Waals surface area contributed by atoms with Gasteiger partial charge < -0.3 is 19.5 Å². The van der Waals surface area contributed by atoms with Crippen molar-refractivity contribution in [3.63, 3.8) is 0 Å². The molecule has 0 spiro atoms. The minimum Gasteiger partial charge on any atom is -0.495 e. The first-order valence-electron chi connectivity index (χ1n) is 12.7. The van der Waals surface area contributed by atoms with Crippen molar-refractivity contribution >= 4 is 23.3 Å². The van der Waals surface area contributed by atoms with Gasteiger partial charge in [-0.25, -0.2) is 9.48 Å². The van der Waals surface area contributed by atoms with Gasteiger partial charge in [0.25, 0.3) is 0 Å². The molecule has 1 aliphatic heterocycles. The minimum atomic E-state index is -0.385. The fraction of sp³-hybridized carbons (Fsp3) is 0.161. The standard InChI is InChI=1S/C31H28ClN5O2/c1-20-11-16-28(39-3)26(18-20)33-31(38)36-19-25-21(2)34-37(24-8-5-4-6-9-24)30(25)35-17-7-10-27(35)29(36)22-12-14-23(32)15-13-22/h4-18,29H,19H2,1-3H3,(H,33,38)/t29-/m0/s1. The number of methoxy groups -OCH3 is 1. The SMILES string of the molecule is COc1ccc(C)cc1NC(=O)N1Cc2c(C)nn(-c3ccccc3)c2-n2cccc2[C@@H]1c1ccc(Cl)cc1. The van der Waals surface area contributed by atoms with Gasteiger partial charge in [0.1, 0.15) is 11.6 Å². The Morgan fingerprint density at radius 3 is 2.51 bits per heavy atom. The fourth-order valence-corrected chi connectivity index (χ4v) is 5.38. The molecule has 1 N–H and O–H groups in total. The number of ether oxygens (including phenoxy) is 1. The molecule has 0 radical (unpaired) electrons. The average molecular weight is 538 g/mol. The van der Waals surface area contributed by atoms with Gasteiger partial charge in [0.05, 0.1) is 42.5 Å².